The summed E-state index contributed by atoms with van der Waals surface area (Å²) in [5.74, 6) is -0.332. The zero-order valence-electron chi connectivity index (χ0n) is 12.2. The van der Waals surface area contributed by atoms with Gasteiger partial charge in [0.05, 0.1) is 4.92 Å². The number of nitrogens with zero attached hydrogens (tertiary/aromatic N) is 1. The molecular formula is C18H14N2O3. The van der Waals surface area contributed by atoms with Crippen LogP contribution in [-0.2, 0) is 6.54 Å². The molecule has 3 aromatic carbocycles. The molecule has 1 N–H and O–H groups in total. The largest absolute Gasteiger partial charge is 0.348 e. The van der Waals surface area contributed by atoms with Gasteiger partial charge in [-0.25, -0.2) is 0 Å². The Morgan fingerprint density at radius 2 is 1.74 bits per heavy atom. The lowest BCUT2D eigenvalue weighted by atomic mass is 10.1. The van der Waals surface area contributed by atoms with Crippen molar-refractivity contribution in [1.82, 2.24) is 5.32 Å². The van der Waals surface area contributed by atoms with Crippen molar-refractivity contribution in [3.05, 3.63) is 88.0 Å². The number of fused-ring (bicyclic) bond motifs is 1. The molecule has 5 heteroatoms. The Bertz CT molecular complexity index is 890. The summed E-state index contributed by atoms with van der Waals surface area (Å²) in [6, 6.07) is 19.7. The average molecular weight is 306 g/mol. The molecule has 0 heterocycles. The third-order valence-corrected chi connectivity index (χ3v) is 3.59. The topological polar surface area (TPSA) is 72.2 Å². The normalized spacial score (nSPS) is 10.4. The van der Waals surface area contributed by atoms with Gasteiger partial charge in [0.15, 0.2) is 0 Å². The number of hydrogen-bond donors (Lipinski definition) is 1. The summed E-state index contributed by atoms with van der Waals surface area (Å²) in [6.07, 6.45) is 0. The lowest BCUT2D eigenvalue weighted by Crippen LogP contribution is -2.22. The molecule has 0 aromatic heterocycles. The number of hydrogen-bond acceptors (Lipinski definition) is 3. The first-order chi connectivity index (χ1) is 11.1. The highest BCUT2D eigenvalue weighted by Crippen LogP contribution is 2.16. The van der Waals surface area contributed by atoms with Gasteiger partial charge in [-0.2, -0.15) is 0 Å². The number of non-ortho nitro benzene ring substituents is 1. The Hall–Kier alpha value is -3.21. The molecule has 3 rings (SSSR count). The van der Waals surface area contributed by atoms with Crippen LogP contribution in [0.15, 0.2) is 66.7 Å². The van der Waals surface area contributed by atoms with E-state index in [0.29, 0.717) is 6.54 Å². The second-order valence-corrected chi connectivity index (χ2v) is 5.17. The lowest BCUT2D eigenvalue weighted by Gasteiger charge is -2.07. The predicted octanol–water partition coefficient (Wildman–Crippen LogP) is 3.68. The maximum Gasteiger partial charge on any atom is 0.270 e. The molecule has 114 valence electrons. The smallest absolute Gasteiger partial charge is 0.270 e. The fourth-order valence-electron chi connectivity index (χ4n) is 2.39. The van der Waals surface area contributed by atoms with Crippen LogP contribution in [0.5, 0.6) is 0 Å². The van der Waals surface area contributed by atoms with Gasteiger partial charge >= 0.3 is 0 Å². The van der Waals surface area contributed by atoms with E-state index in [1.807, 2.05) is 42.5 Å². The van der Waals surface area contributed by atoms with Gasteiger partial charge in [-0.05, 0) is 28.5 Å². The summed E-state index contributed by atoms with van der Waals surface area (Å²) < 4.78 is 0. The maximum absolute atomic E-state index is 12.1. The fourth-order valence-corrected chi connectivity index (χ4v) is 2.39. The number of amides is 1. The van der Waals surface area contributed by atoms with Gasteiger partial charge in [0.1, 0.15) is 0 Å². The number of rotatable bonds is 4. The van der Waals surface area contributed by atoms with Crippen LogP contribution in [0.4, 0.5) is 5.69 Å². The second-order valence-electron chi connectivity index (χ2n) is 5.17. The minimum Gasteiger partial charge on any atom is -0.348 e. The predicted molar refractivity (Wildman–Crippen MR) is 88.2 cm³/mol. The van der Waals surface area contributed by atoms with Gasteiger partial charge in [-0.3, -0.25) is 14.9 Å². The van der Waals surface area contributed by atoms with E-state index in [1.54, 1.807) is 6.07 Å². The van der Waals surface area contributed by atoms with Gasteiger partial charge in [0, 0.05) is 24.2 Å². The van der Waals surface area contributed by atoms with Crippen molar-refractivity contribution in [2.45, 2.75) is 6.54 Å². The molecule has 0 saturated carbocycles. The van der Waals surface area contributed by atoms with Crippen LogP contribution in [0.25, 0.3) is 10.8 Å². The second kappa shape index (κ2) is 6.27. The Balaban J connectivity index is 1.72. The molecule has 0 radical (unpaired) electrons. The number of carbonyl (C=O) groups excluding carboxylic acids is 1. The van der Waals surface area contributed by atoms with Crippen molar-refractivity contribution in [3.63, 3.8) is 0 Å². The van der Waals surface area contributed by atoms with E-state index in [-0.39, 0.29) is 17.2 Å². The molecule has 23 heavy (non-hydrogen) atoms. The van der Waals surface area contributed by atoms with E-state index in [2.05, 4.69) is 5.32 Å². The van der Waals surface area contributed by atoms with Crippen molar-refractivity contribution in [3.8, 4) is 0 Å². The van der Waals surface area contributed by atoms with E-state index in [1.165, 1.54) is 18.2 Å². The molecule has 0 aliphatic rings. The third kappa shape index (κ3) is 3.35. The van der Waals surface area contributed by atoms with Crippen molar-refractivity contribution in [2.24, 2.45) is 0 Å². The zero-order valence-corrected chi connectivity index (χ0v) is 12.2. The summed E-state index contributed by atoms with van der Waals surface area (Å²) in [6.45, 7) is 0.367. The quantitative estimate of drug-likeness (QED) is 0.590. The minimum absolute atomic E-state index is 0.0941. The Kier molecular flexibility index (Phi) is 4.01. The first kappa shape index (κ1) is 14.7. The number of nitro benzene ring substituents is 1. The van der Waals surface area contributed by atoms with Crippen LogP contribution in [0, 0.1) is 10.1 Å². The van der Waals surface area contributed by atoms with E-state index in [0.717, 1.165) is 16.3 Å². The Labute approximate surface area is 132 Å². The van der Waals surface area contributed by atoms with Crippen LogP contribution in [0.3, 0.4) is 0 Å². The van der Waals surface area contributed by atoms with Crippen molar-refractivity contribution >= 4 is 22.4 Å². The third-order valence-electron chi connectivity index (χ3n) is 3.59. The van der Waals surface area contributed by atoms with Gasteiger partial charge in [-0.1, -0.05) is 42.5 Å². The van der Waals surface area contributed by atoms with Crippen molar-refractivity contribution in [2.75, 3.05) is 0 Å². The molecule has 0 fully saturated rings. The average Bonchev–Trinajstić information content (AvgIpc) is 2.59. The summed E-state index contributed by atoms with van der Waals surface area (Å²) >= 11 is 0. The number of nitrogens with one attached hydrogen (secondary N) is 1. The molecule has 0 saturated heterocycles. The first-order valence-electron chi connectivity index (χ1n) is 7.14. The highest BCUT2D eigenvalue weighted by atomic mass is 16.6. The van der Waals surface area contributed by atoms with E-state index >= 15 is 0 Å². The molecule has 3 aromatic rings. The number of benzene rings is 3. The molecule has 0 bridgehead atoms. The summed E-state index contributed by atoms with van der Waals surface area (Å²) in [5.41, 5.74) is 1.16. The molecular weight excluding hydrogens is 292 g/mol. The van der Waals surface area contributed by atoms with Gasteiger partial charge in [0.25, 0.3) is 11.6 Å². The highest BCUT2D eigenvalue weighted by molar-refractivity contribution is 5.94. The monoisotopic (exact) mass is 306 g/mol. The molecule has 0 spiro atoms. The van der Waals surface area contributed by atoms with Crippen molar-refractivity contribution in [1.29, 1.82) is 0 Å². The maximum atomic E-state index is 12.1. The van der Waals surface area contributed by atoms with Gasteiger partial charge in [-0.15, -0.1) is 0 Å². The van der Waals surface area contributed by atoms with E-state index in [4.69, 9.17) is 0 Å². The fraction of sp³-hybridized carbons (Fsp3) is 0.0556. The first-order valence-corrected chi connectivity index (χ1v) is 7.14. The van der Waals surface area contributed by atoms with Gasteiger partial charge < -0.3 is 5.32 Å². The lowest BCUT2D eigenvalue weighted by molar-refractivity contribution is -0.384. The minimum atomic E-state index is -0.514. The Morgan fingerprint density at radius 1 is 0.957 bits per heavy atom. The SMILES string of the molecule is O=C(NCc1ccc2ccccc2c1)c1cccc([N+](=O)[O-])c1. The Morgan fingerprint density at radius 3 is 2.52 bits per heavy atom. The van der Waals surface area contributed by atoms with Crippen LogP contribution in [0.2, 0.25) is 0 Å². The van der Waals surface area contributed by atoms with Crippen LogP contribution >= 0.6 is 0 Å². The van der Waals surface area contributed by atoms with Crippen LogP contribution in [0.1, 0.15) is 15.9 Å². The molecule has 0 unspecified atom stereocenters. The summed E-state index contributed by atoms with van der Waals surface area (Å²) in [5, 5.41) is 15.8. The molecule has 0 aliphatic heterocycles. The molecule has 1 amide bonds. The number of carbonyl (C=O) groups is 1. The van der Waals surface area contributed by atoms with E-state index < -0.39 is 4.92 Å². The van der Waals surface area contributed by atoms with Crippen LogP contribution in [-0.4, -0.2) is 10.8 Å². The van der Waals surface area contributed by atoms with Crippen LogP contribution < -0.4 is 5.32 Å². The van der Waals surface area contributed by atoms with Crippen molar-refractivity contribution < 1.29 is 9.72 Å². The standard InChI is InChI=1S/C18H14N2O3/c21-18(16-6-3-7-17(11-16)20(22)23)19-12-13-8-9-14-4-1-2-5-15(14)10-13/h1-11H,12H2,(H,19,21). The molecule has 5 nitrogen and oxygen atoms in total. The summed E-state index contributed by atoms with van der Waals surface area (Å²) in [4.78, 5) is 22.4. The number of nitro groups is 1. The highest BCUT2D eigenvalue weighted by Gasteiger charge is 2.11. The summed E-state index contributed by atoms with van der Waals surface area (Å²) in [7, 11) is 0. The zero-order chi connectivity index (χ0) is 16.2. The molecule has 0 atom stereocenters. The van der Waals surface area contributed by atoms with Gasteiger partial charge in [0.2, 0.25) is 0 Å². The molecule has 0 aliphatic carbocycles. The van der Waals surface area contributed by atoms with E-state index in [9.17, 15) is 14.9 Å².